The summed E-state index contributed by atoms with van der Waals surface area (Å²) in [5.41, 5.74) is -0.0404. The number of nitrogens with zero attached hydrogens (tertiary/aromatic N) is 3. The molecule has 0 bridgehead atoms. The first-order valence-electron chi connectivity index (χ1n) is 5.71. The van der Waals surface area contributed by atoms with Crippen LogP contribution in [0.1, 0.15) is 19.8 Å². The Bertz CT molecular complexity index is 408. The number of hydrogen-bond donors (Lipinski definition) is 1. The first-order chi connectivity index (χ1) is 7.72. The average Bonchev–Trinajstić information content (AvgIpc) is 2.31. The van der Waals surface area contributed by atoms with E-state index < -0.39 is 0 Å². The fourth-order valence-electron chi connectivity index (χ4n) is 1.98. The van der Waals surface area contributed by atoms with Crippen molar-refractivity contribution < 1.29 is 5.11 Å². The van der Waals surface area contributed by atoms with E-state index in [1.165, 1.54) is 0 Å². The molecule has 5 heteroatoms. The molecule has 2 heterocycles. The average molecular weight is 223 g/mol. The van der Waals surface area contributed by atoms with Crippen LogP contribution >= 0.6 is 0 Å². The van der Waals surface area contributed by atoms with Crippen LogP contribution in [0.25, 0.3) is 0 Å². The monoisotopic (exact) mass is 223 g/mol. The Morgan fingerprint density at radius 3 is 2.81 bits per heavy atom. The highest BCUT2D eigenvalue weighted by Crippen LogP contribution is 2.14. The van der Waals surface area contributed by atoms with E-state index >= 15 is 0 Å². The Balaban J connectivity index is 2.24. The molecule has 88 valence electrons. The third-order valence-corrected chi connectivity index (χ3v) is 3.00. The molecule has 1 aromatic heterocycles. The highest BCUT2D eigenvalue weighted by molar-refractivity contribution is 5.36. The molecule has 0 amide bonds. The lowest BCUT2D eigenvalue weighted by Crippen LogP contribution is -2.40. The highest BCUT2D eigenvalue weighted by atomic mass is 16.3. The van der Waals surface area contributed by atoms with Gasteiger partial charge in [0.1, 0.15) is 0 Å². The minimum absolute atomic E-state index is 0.0404. The van der Waals surface area contributed by atoms with E-state index in [1.54, 1.807) is 17.0 Å². The topological polar surface area (TPSA) is 58.4 Å². The second kappa shape index (κ2) is 4.65. The highest BCUT2D eigenvalue weighted by Gasteiger charge is 2.20. The minimum Gasteiger partial charge on any atom is -0.393 e. The van der Waals surface area contributed by atoms with Gasteiger partial charge in [0.25, 0.3) is 5.56 Å². The zero-order valence-electron chi connectivity index (χ0n) is 9.46. The van der Waals surface area contributed by atoms with Crippen LogP contribution in [0.2, 0.25) is 0 Å². The second-order valence-corrected chi connectivity index (χ2v) is 4.06. The van der Waals surface area contributed by atoms with Crippen molar-refractivity contribution >= 4 is 5.82 Å². The molecular formula is C11H17N3O2. The van der Waals surface area contributed by atoms with E-state index in [0.717, 1.165) is 0 Å². The van der Waals surface area contributed by atoms with Crippen molar-refractivity contribution in [2.24, 2.45) is 0 Å². The van der Waals surface area contributed by atoms with Crippen LogP contribution in [0.5, 0.6) is 0 Å². The third kappa shape index (κ3) is 2.09. The maximum atomic E-state index is 12.0. The van der Waals surface area contributed by atoms with Crippen molar-refractivity contribution in [2.75, 3.05) is 18.0 Å². The SMILES string of the molecule is CCn1ccnc(N2CCC(O)CC2)c1=O. The van der Waals surface area contributed by atoms with Crippen molar-refractivity contribution in [1.82, 2.24) is 9.55 Å². The lowest BCUT2D eigenvalue weighted by Gasteiger charge is -2.29. The first-order valence-corrected chi connectivity index (χ1v) is 5.71. The zero-order chi connectivity index (χ0) is 11.5. The van der Waals surface area contributed by atoms with Gasteiger partial charge in [0.2, 0.25) is 0 Å². The van der Waals surface area contributed by atoms with Gasteiger partial charge in [0.15, 0.2) is 5.82 Å². The summed E-state index contributed by atoms with van der Waals surface area (Å²) in [5, 5.41) is 9.41. The smallest absolute Gasteiger partial charge is 0.293 e. The number of aliphatic hydroxyl groups excluding tert-OH is 1. The van der Waals surface area contributed by atoms with Crippen molar-refractivity contribution in [1.29, 1.82) is 0 Å². The van der Waals surface area contributed by atoms with E-state index in [1.807, 2.05) is 11.8 Å². The van der Waals surface area contributed by atoms with Crippen LogP contribution < -0.4 is 10.5 Å². The number of aryl methyl sites for hydroxylation is 1. The van der Waals surface area contributed by atoms with Crippen LogP contribution in [0.15, 0.2) is 17.2 Å². The number of rotatable bonds is 2. The standard InChI is InChI=1S/C11H17N3O2/c1-2-13-8-5-12-10(11(13)16)14-6-3-9(15)4-7-14/h5,8-9,15H,2-4,6-7H2,1H3. The summed E-state index contributed by atoms with van der Waals surface area (Å²) in [7, 11) is 0. The summed E-state index contributed by atoms with van der Waals surface area (Å²) < 4.78 is 1.65. The number of aromatic nitrogens is 2. The van der Waals surface area contributed by atoms with Gasteiger partial charge >= 0.3 is 0 Å². The molecule has 0 radical (unpaired) electrons. The summed E-state index contributed by atoms with van der Waals surface area (Å²) in [4.78, 5) is 18.1. The van der Waals surface area contributed by atoms with E-state index in [9.17, 15) is 9.90 Å². The molecule has 1 fully saturated rings. The second-order valence-electron chi connectivity index (χ2n) is 4.06. The van der Waals surface area contributed by atoms with Gasteiger partial charge in [0.05, 0.1) is 6.10 Å². The summed E-state index contributed by atoms with van der Waals surface area (Å²) in [6.45, 7) is 4.00. The third-order valence-electron chi connectivity index (χ3n) is 3.00. The van der Waals surface area contributed by atoms with E-state index in [4.69, 9.17) is 0 Å². The van der Waals surface area contributed by atoms with Crippen molar-refractivity contribution in [3.05, 3.63) is 22.7 Å². The molecule has 0 aromatic carbocycles. The lowest BCUT2D eigenvalue weighted by atomic mass is 10.1. The summed E-state index contributed by atoms with van der Waals surface area (Å²) in [6.07, 6.45) is 4.55. The molecular weight excluding hydrogens is 206 g/mol. The Hall–Kier alpha value is -1.36. The van der Waals surface area contributed by atoms with Crippen molar-refractivity contribution in [3.63, 3.8) is 0 Å². The number of aliphatic hydroxyl groups is 1. The van der Waals surface area contributed by atoms with Crippen LogP contribution in [-0.4, -0.2) is 33.9 Å². The van der Waals surface area contributed by atoms with Gasteiger partial charge in [-0.2, -0.15) is 0 Å². The molecule has 2 rings (SSSR count). The van der Waals surface area contributed by atoms with Gasteiger partial charge in [0, 0.05) is 32.0 Å². The molecule has 0 aliphatic carbocycles. The maximum absolute atomic E-state index is 12.0. The van der Waals surface area contributed by atoms with Gasteiger partial charge < -0.3 is 14.6 Å². The molecule has 0 atom stereocenters. The number of hydrogen-bond acceptors (Lipinski definition) is 4. The van der Waals surface area contributed by atoms with Gasteiger partial charge in [-0.3, -0.25) is 4.79 Å². The molecule has 1 saturated heterocycles. The summed E-state index contributed by atoms with van der Waals surface area (Å²) in [6, 6.07) is 0. The molecule has 16 heavy (non-hydrogen) atoms. The van der Waals surface area contributed by atoms with Gasteiger partial charge in [-0.15, -0.1) is 0 Å². The molecule has 1 aliphatic rings. The Labute approximate surface area is 94.3 Å². The minimum atomic E-state index is -0.228. The predicted octanol–water partition coefficient (Wildman–Crippen LogP) is 0.224. The van der Waals surface area contributed by atoms with E-state index in [2.05, 4.69) is 4.98 Å². The maximum Gasteiger partial charge on any atom is 0.293 e. The Morgan fingerprint density at radius 1 is 1.50 bits per heavy atom. The Kier molecular flexibility index (Phi) is 3.24. The summed E-state index contributed by atoms with van der Waals surface area (Å²) in [5.74, 6) is 0.510. The van der Waals surface area contributed by atoms with Gasteiger partial charge in [-0.25, -0.2) is 4.98 Å². The Morgan fingerprint density at radius 2 is 2.19 bits per heavy atom. The molecule has 1 aromatic rings. The normalized spacial score (nSPS) is 17.8. The fourth-order valence-corrected chi connectivity index (χ4v) is 1.98. The van der Waals surface area contributed by atoms with Crippen LogP contribution in [0.3, 0.4) is 0 Å². The van der Waals surface area contributed by atoms with E-state index in [-0.39, 0.29) is 11.7 Å². The number of anilines is 1. The molecule has 0 unspecified atom stereocenters. The van der Waals surface area contributed by atoms with Crippen LogP contribution in [-0.2, 0) is 6.54 Å². The number of piperidine rings is 1. The van der Waals surface area contributed by atoms with Gasteiger partial charge in [-0.05, 0) is 19.8 Å². The van der Waals surface area contributed by atoms with Crippen molar-refractivity contribution in [3.8, 4) is 0 Å². The van der Waals surface area contributed by atoms with Crippen molar-refractivity contribution in [2.45, 2.75) is 32.4 Å². The predicted molar refractivity (Wildman–Crippen MR) is 61.6 cm³/mol. The van der Waals surface area contributed by atoms with E-state index in [0.29, 0.717) is 38.3 Å². The van der Waals surface area contributed by atoms with Gasteiger partial charge in [-0.1, -0.05) is 0 Å². The quantitative estimate of drug-likeness (QED) is 0.779. The lowest BCUT2D eigenvalue weighted by molar-refractivity contribution is 0.145. The molecule has 1 N–H and O–H groups in total. The summed E-state index contributed by atoms with van der Waals surface area (Å²) >= 11 is 0. The largest absolute Gasteiger partial charge is 0.393 e. The molecule has 1 aliphatic heterocycles. The van der Waals surface area contributed by atoms with Crippen LogP contribution in [0.4, 0.5) is 5.82 Å². The first kappa shape index (κ1) is 11.1. The van der Waals surface area contributed by atoms with Crippen LogP contribution in [0, 0.1) is 0 Å². The zero-order valence-corrected chi connectivity index (χ0v) is 9.46. The molecule has 5 nitrogen and oxygen atoms in total. The molecule has 0 saturated carbocycles. The molecule has 0 spiro atoms. The fraction of sp³-hybridized carbons (Fsp3) is 0.636.